The van der Waals surface area contributed by atoms with Crippen LogP contribution < -0.4 is 5.32 Å². The summed E-state index contributed by atoms with van der Waals surface area (Å²) in [7, 11) is 0. The summed E-state index contributed by atoms with van der Waals surface area (Å²) >= 11 is 8.18. The zero-order chi connectivity index (χ0) is 10.8. The molecule has 0 aliphatic carbocycles. The van der Waals surface area contributed by atoms with Crippen LogP contribution in [0, 0.1) is 6.92 Å². The van der Waals surface area contributed by atoms with Gasteiger partial charge >= 0.3 is 0 Å². The van der Waals surface area contributed by atoms with Crippen LogP contribution >= 0.6 is 23.4 Å². The summed E-state index contributed by atoms with van der Waals surface area (Å²) in [5, 5.41) is 5.05. The van der Waals surface area contributed by atoms with Crippen molar-refractivity contribution < 1.29 is 0 Å². The zero-order valence-corrected chi connectivity index (χ0v) is 10.7. The molecule has 1 aliphatic heterocycles. The van der Waals surface area contributed by atoms with Crippen molar-refractivity contribution in [1.82, 2.24) is 0 Å². The largest absolute Gasteiger partial charge is 0.380 e. The first-order valence-electron chi connectivity index (χ1n) is 5.31. The fourth-order valence-electron chi connectivity index (χ4n) is 1.87. The van der Waals surface area contributed by atoms with Crippen molar-refractivity contribution in [2.24, 2.45) is 0 Å². The van der Waals surface area contributed by atoms with E-state index in [9.17, 15) is 0 Å². The average Bonchev–Trinajstić information content (AvgIpc) is 2.58. The molecule has 1 heterocycles. The van der Waals surface area contributed by atoms with Gasteiger partial charge in [-0.3, -0.25) is 0 Å². The quantitative estimate of drug-likeness (QED) is 0.842. The Hall–Kier alpha value is -0.340. The summed E-state index contributed by atoms with van der Waals surface area (Å²) in [4.78, 5) is 0. The van der Waals surface area contributed by atoms with Crippen molar-refractivity contribution in [2.75, 3.05) is 11.1 Å². The van der Waals surface area contributed by atoms with Gasteiger partial charge in [0.2, 0.25) is 0 Å². The Morgan fingerprint density at radius 3 is 2.93 bits per heavy atom. The number of hydrogen-bond acceptors (Lipinski definition) is 2. The maximum atomic E-state index is 6.15. The van der Waals surface area contributed by atoms with Crippen molar-refractivity contribution in [2.45, 2.75) is 31.6 Å². The van der Waals surface area contributed by atoms with Crippen molar-refractivity contribution in [3.05, 3.63) is 28.8 Å². The van der Waals surface area contributed by atoms with Gasteiger partial charge in [-0.1, -0.05) is 24.6 Å². The number of thioether (sulfide) groups is 1. The molecule has 0 bridgehead atoms. The molecule has 15 heavy (non-hydrogen) atoms. The Morgan fingerprint density at radius 2 is 2.27 bits per heavy atom. The van der Waals surface area contributed by atoms with E-state index < -0.39 is 0 Å². The fourth-order valence-corrected chi connectivity index (χ4v) is 3.24. The first-order valence-corrected chi connectivity index (χ1v) is 6.74. The van der Waals surface area contributed by atoms with Crippen molar-refractivity contribution in [3.63, 3.8) is 0 Å². The minimum atomic E-state index is 0.564. The molecule has 1 aromatic rings. The number of hydrogen-bond donors (Lipinski definition) is 1. The van der Waals surface area contributed by atoms with Crippen LogP contribution in [0.4, 0.5) is 5.69 Å². The van der Waals surface area contributed by atoms with E-state index in [1.165, 1.54) is 17.7 Å². The van der Waals surface area contributed by atoms with Crippen LogP contribution in [0.15, 0.2) is 18.2 Å². The van der Waals surface area contributed by atoms with Crippen LogP contribution in [0.25, 0.3) is 0 Å². The summed E-state index contributed by atoms with van der Waals surface area (Å²) in [5.74, 6) is 1.25. The topological polar surface area (TPSA) is 12.0 Å². The molecule has 1 nitrogen and oxygen atoms in total. The van der Waals surface area contributed by atoms with Crippen molar-refractivity contribution in [3.8, 4) is 0 Å². The summed E-state index contributed by atoms with van der Waals surface area (Å²) in [5.41, 5.74) is 2.33. The Kier molecular flexibility index (Phi) is 3.47. The molecule has 0 radical (unpaired) electrons. The number of nitrogens with one attached hydrogen (secondary N) is 1. The highest BCUT2D eigenvalue weighted by atomic mass is 35.5. The van der Waals surface area contributed by atoms with Gasteiger partial charge in [0.1, 0.15) is 0 Å². The predicted molar refractivity (Wildman–Crippen MR) is 70.1 cm³/mol. The molecule has 2 atom stereocenters. The molecular formula is C12H16ClNS. The molecule has 0 spiro atoms. The molecule has 0 saturated carbocycles. The third kappa shape index (κ3) is 2.61. The van der Waals surface area contributed by atoms with Gasteiger partial charge in [-0.25, -0.2) is 0 Å². The summed E-state index contributed by atoms with van der Waals surface area (Å²) in [6.45, 7) is 4.37. The Bertz CT molecular complexity index is 353. The van der Waals surface area contributed by atoms with Crippen LogP contribution in [0.1, 0.15) is 18.9 Å². The van der Waals surface area contributed by atoms with Crippen LogP contribution in [0.2, 0.25) is 5.02 Å². The highest BCUT2D eigenvalue weighted by molar-refractivity contribution is 8.00. The molecule has 0 amide bonds. The minimum Gasteiger partial charge on any atom is -0.380 e. The SMILES string of the molecule is Cc1ccc(Cl)c(NC2CCSC2C)c1. The van der Waals surface area contributed by atoms with Gasteiger partial charge in [-0.2, -0.15) is 11.8 Å². The fraction of sp³-hybridized carbons (Fsp3) is 0.500. The molecule has 1 aromatic carbocycles. The van der Waals surface area contributed by atoms with Gasteiger partial charge in [0.05, 0.1) is 10.7 Å². The van der Waals surface area contributed by atoms with Crippen LogP contribution in [-0.2, 0) is 0 Å². The Balaban J connectivity index is 2.12. The van der Waals surface area contributed by atoms with Crippen LogP contribution in [0.5, 0.6) is 0 Å². The monoisotopic (exact) mass is 241 g/mol. The van der Waals surface area contributed by atoms with Gasteiger partial charge in [0.15, 0.2) is 0 Å². The molecular weight excluding hydrogens is 226 g/mol. The first kappa shape index (κ1) is 11.2. The maximum Gasteiger partial charge on any atom is 0.0637 e. The number of rotatable bonds is 2. The van der Waals surface area contributed by atoms with E-state index in [-0.39, 0.29) is 0 Å². The molecule has 82 valence electrons. The van der Waals surface area contributed by atoms with Gasteiger partial charge in [-0.05, 0) is 36.8 Å². The standard InChI is InChI=1S/C12H16ClNS/c1-8-3-4-10(13)12(7-8)14-11-5-6-15-9(11)2/h3-4,7,9,11,14H,5-6H2,1-2H3. The first-order chi connectivity index (χ1) is 7.16. The molecule has 2 unspecified atom stereocenters. The lowest BCUT2D eigenvalue weighted by Crippen LogP contribution is -2.24. The van der Waals surface area contributed by atoms with E-state index in [2.05, 4.69) is 25.2 Å². The lowest BCUT2D eigenvalue weighted by Gasteiger charge is -2.19. The summed E-state index contributed by atoms with van der Waals surface area (Å²) in [6, 6.07) is 6.69. The number of aryl methyl sites for hydroxylation is 1. The Morgan fingerprint density at radius 1 is 1.47 bits per heavy atom. The second-order valence-electron chi connectivity index (χ2n) is 4.10. The normalized spacial score (nSPS) is 25.5. The van der Waals surface area contributed by atoms with E-state index in [1.807, 2.05) is 23.9 Å². The smallest absolute Gasteiger partial charge is 0.0637 e. The van der Waals surface area contributed by atoms with Crippen LogP contribution in [0.3, 0.4) is 0 Å². The van der Waals surface area contributed by atoms with E-state index in [0.29, 0.717) is 11.3 Å². The molecule has 1 fully saturated rings. The van der Waals surface area contributed by atoms with Crippen molar-refractivity contribution in [1.29, 1.82) is 0 Å². The maximum absolute atomic E-state index is 6.15. The zero-order valence-electron chi connectivity index (χ0n) is 9.09. The summed E-state index contributed by atoms with van der Waals surface area (Å²) in [6.07, 6.45) is 1.23. The second kappa shape index (κ2) is 4.67. The molecule has 2 rings (SSSR count). The van der Waals surface area contributed by atoms with E-state index in [0.717, 1.165) is 10.7 Å². The van der Waals surface area contributed by atoms with E-state index in [4.69, 9.17) is 11.6 Å². The highest BCUT2D eigenvalue weighted by Crippen LogP contribution is 2.31. The molecule has 1 aliphatic rings. The minimum absolute atomic E-state index is 0.564. The lowest BCUT2D eigenvalue weighted by atomic mass is 10.1. The second-order valence-corrected chi connectivity index (χ2v) is 5.99. The average molecular weight is 242 g/mol. The van der Waals surface area contributed by atoms with Gasteiger partial charge in [0, 0.05) is 11.3 Å². The number of halogens is 1. The van der Waals surface area contributed by atoms with Crippen LogP contribution in [-0.4, -0.2) is 17.0 Å². The third-order valence-electron chi connectivity index (χ3n) is 2.84. The predicted octanol–water partition coefficient (Wildman–Crippen LogP) is 3.95. The van der Waals surface area contributed by atoms with Gasteiger partial charge in [-0.15, -0.1) is 0 Å². The highest BCUT2D eigenvalue weighted by Gasteiger charge is 2.24. The summed E-state index contributed by atoms with van der Waals surface area (Å²) < 4.78 is 0. The van der Waals surface area contributed by atoms with Crippen molar-refractivity contribution >= 4 is 29.1 Å². The molecule has 0 aromatic heterocycles. The number of benzene rings is 1. The molecule has 1 saturated heterocycles. The van der Waals surface area contributed by atoms with E-state index >= 15 is 0 Å². The Labute approximate surface area is 101 Å². The lowest BCUT2D eigenvalue weighted by molar-refractivity contribution is 0.724. The molecule has 3 heteroatoms. The van der Waals surface area contributed by atoms with Gasteiger partial charge < -0.3 is 5.32 Å². The number of anilines is 1. The van der Waals surface area contributed by atoms with E-state index in [1.54, 1.807) is 0 Å². The van der Waals surface area contributed by atoms with Gasteiger partial charge in [0.25, 0.3) is 0 Å². The third-order valence-corrected chi connectivity index (χ3v) is 4.49. The molecule has 1 N–H and O–H groups in total.